The molecule has 0 aromatic heterocycles. The van der Waals surface area contributed by atoms with Crippen LogP contribution in [0.5, 0.6) is 0 Å². The molecule has 0 aliphatic heterocycles. The summed E-state index contributed by atoms with van der Waals surface area (Å²) >= 11 is 0. The molecule has 4 heteroatoms. The molecule has 0 saturated heterocycles. The van der Waals surface area contributed by atoms with Gasteiger partial charge in [0.05, 0.1) is 0 Å². The second-order valence-corrected chi connectivity index (χ2v) is 1.95. The predicted octanol–water partition coefficient (Wildman–Crippen LogP) is 3.10. The van der Waals surface area contributed by atoms with Crippen molar-refractivity contribution < 1.29 is 4.39 Å². The van der Waals surface area contributed by atoms with Crippen molar-refractivity contribution in [3.8, 4) is 0 Å². The fraction of sp³-hybridized carbons (Fsp3) is 0.143. The highest BCUT2D eigenvalue weighted by atomic mass is 19.1. The summed E-state index contributed by atoms with van der Waals surface area (Å²) in [4.78, 5) is 2.57. The van der Waals surface area contributed by atoms with Gasteiger partial charge in [-0.25, -0.2) is 4.39 Å². The minimum absolute atomic E-state index is 0.359. The maximum absolute atomic E-state index is 12.1. The average Bonchev–Trinajstić information content (AvgIpc) is 2.06. The van der Waals surface area contributed by atoms with Crippen molar-refractivity contribution in [2.24, 2.45) is 5.11 Å². The molecule has 1 aromatic carbocycles. The quantitative estimate of drug-likeness (QED) is 0.354. The first-order valence-corrected chi connectivity index (χ1v) is 3.07. The molecular formula is C7H6FN3. The molecule has 11 heavy (non-hydrogen) atoms. The van der Waals surface area contributed by atoms with Crippen molar-refractivity contribution in [1.29, 1.82) is 0 Å². The first kappa shape index (κ1) is 7.57. The molecule has 0 saturated carbocycles. The fourth-order valence-corrected chi connectivity index (χ4v) is 0.770. The molecule has 3 nitrogen and oxygen atoms in total. The van der Waals surface area contributed by atoms with Gasteiger partial charge < -0.3 is 0 Å². The van der Waals surface area contributed by atoms with Gasteiger partial charge in [-0.1, -0.05) is 29.4 Å². The van der Waals surface area contributed by atoms with E-state index in [9.17, 15) is 4.39 Å². The molecule has 0 radical (unpaired) electrons. The van der Waals surface area contributed by atoms with E-state index in [1.54, 1.807) is 24.3 Å². The van der Waals surface area contributed by atoms with Crippen LogP contribution in [0, 0.1) is 0 Å². The van der Waals surface area contributed by atoms with E-state index in [-0.39, 0.29) is 0 Å². The van der Waals surface area contributed by atoms with E-state index in [1.807, 2.05) is 0 Å². The van der Waals surface area contributed by atoms with Crippen LogP contribution in [0.25, 0.3) is 10.4 Å². The van der Waals surface area contributed by atoms with Crippen LogP contribution in [0.3, 0.4) is 0 Å². The predicted molar refractivity (Wildman–Crippen MR) is 40.1 cm³/mol. The van der Waals surface area contributed by atoms with Gasteiger partial charge in [-0.3, -0.25) is 0 Å². The number of azide groups is 1. The van der Waals surface area contributed by atoms with E-state index in [0.717, 1.165) is 0 Å². The Balaban J connectivity index is 3.11. The zero-order valence-corrected chi connectivity index (χ0v) is 5.74. The largest absolute Gasteiger partial charge is 0.246 e. The molecule has 0 heterocycles. The minimum Gasteiger partial charge on any atom is -0.246 e. The van der Waals surface area contributed by atoms with Gasteiger partial charge in [-0.15, -0.1) is 0 Å². The number of hydrogen-bond donors (Lipinski definition) is 0. The summed E-state index contributed by atoms with van der Waals surface area (Å²) in [6.07, 6.45) is 0. The summed E-state index contributed by atoms with van der Waals surface area (Å²) in [5.41, 5.74) is 8.86. The molecule has 0 bridgehead atoms. The molecule has 0 N–H and O–H groups in total. The van der Waals surface area contributed by atoms with Crippen LogP contribution in [-0.2, 0) is 6.67 Å². The second kappa shape index (κ2) is 3.58. The third kappa shape index (κ3) is 1.69. The number of hydrogen-bond acceptors (Lipinski definition) is 1. The Kier molecular flexibility index (Phi) is 2.47. The lowest BCUT2D eigenvalue weighted by molar-refractivity contribution is 0.486. The Bertz CT molecular complexity index is 291. The minimum atomic E-state index is -0.602. The zero-order valence-electron chi connectivity index (χ0n) is 5.74. The standard InChI is InChI=1S/C7H6FN3/c8-5-6-3-1-2-4-7(6)10-11-9/h1-4H,5H2. The summed E-state index contributed by atoms with van der Waals surface area (Å²) in [7, 11) is 0. The lowest BCUT2D eigenvalue weighted by atomic mass is 10.2. The van der Waals surface area contributed by atoms with Crippen molar-refractivity contribution in [3.05, 3.63) is 40.3 Å². The summed E-state index contributed by atoms with van der Waals surface area (Å²) < 4.78 is 12.1. The number of alkyl halides is 1. The van der Waals surface area contributed by atoms with E-state index in [0.29, 0.717) is 11.3 Å². The van der Waals surface area contributed by atoms with Gasteiger partial charge in [0.25, 0.3) is 0 Å². The normalized spacial score (nSPS) is 8.82. The first-order chi connectivity index (χ1) is 5.38. The average molecular weight is 151 g/mol. The van der Waals surface area contributed by atoms with Gasteiger partial charge in [0, 0.05) is 10.6 Å². The third-order valence-corrected chi connectivity index (χ3v) is 1.29. The molecule has 0 unspecified atom stereocenters. The Morgan fingerprint density at radius 2 is 2.18 bits per heavy atom. The van der Waals surface area contributed by atoms with Crippen molar-refractivity contribution in [3.63, 3.8) is 0 Å². The molecule has 1 rings (SSSR count). The van der Waals surface area contributed by atoms with Gasteiger partial charge in [0.1, 0.15) is 6.67 Å². The number of nitrogens with zero attached hydrogens (tertiary/aromatic N) is 3. The highest BCUT2D eigenvalue weighted by Crippen LogP contribution is 2.19. The van der Waals surface area contributed by atoms with Crippen molar-refractivity contribution in [1.82, 2.24) is 0 Å². The Hall–Kier alpha value is -1.54. The van der Waals surface area contributed by atoms with E-state index < -0.39 is 6.67 Å². The summed E-state index contributed by atoms with van der Waals surface area (Å²) in [5.74, 6) is 0. The smallest absolute Gasteiger partial charge is 0.115 e. The number of benzene rings is 1. The molecule has 0 fully saturated rings. The number of rotatable bonds is 2. The molecule has 0 amide bonds. The second-order valence-electron chi connectivity index (χ2n) is 1.95. The van der Waals surface area contributed by atoms with Crippen LogP contribution in [-0.4, -0.2) is 0 Å². The van der Waals surface area contributed by atoms with Crippen molar-refractivity contribution in [2.75, 3.05) is 0 Å². The van der Waals surface area contributed by atoms with Crippen molar-refractivity contribution in [2.45, 2.75) is 6.67 Å². The molecule has 0 spiro atoms. The van der Waals surface area contributed by atoms with Crippen LogP contribution in [0.15, 0.2) is 29.4 Å². The molecular weight excluding hydrogens is 145 g/mol. The summed E-state index contributed by atoms with van der Waals surface area (Å²) in [6.45, 7) is -0.602. The van der Waals surface area contributed by atoms with Crippen LogP contribution in [0.4, 0.5) is 10.1 Å². The molecule has 0 atom stereocenters. The monoisotopic (exact) mass is 151 g/mol. The summed E-state index contributed by atoms with van der Waals surface area (Å²) in [5, 5.41) is 3.32. The Morgan fingerprint density at radius 1 is 1.45 bits per heavy atom. The molecule has 0 aliphatic carbocycles. The zero-order chi connectivity index (χ0) is 8.10. The van der Waals surface area contributed by atoms with Crippen LogP contribution >= 0.6 is 0 Å². The van der Waals surface area contributed by atoms with Gasteiger partial charge in [-0.05, 0) is 11.1 Å². The lowest BCUT2D eigenvalue weighted by Crippen LogP contribution is -1.76. The molecule has 1 aromatic rings. The van der Waals surface area contributed by atoms with Crippen LogP contribution in [0.2, 0.25) is 0 Å². The maximum Gasteiger partial charge on any atom is 0.115 e. The van der Waals surface area contributed by atoms with E-state index in [1.165, 1.54) is 0 Å². The fourth-order valence-electron chi connectivity index (χ4n) is 0.770. The van der Waals surface area contributed by atoms with Gasteiger partial charge in [-0.2, -0.15) is 0 Å². The SMILES string of the molecule is [N-]=[N+]=Nc1ccccc1CF. The highest BCUT2D eigenvalue weighted by molar-refractivity contribution is 5.44. The molecule has 56 valence electrons. The lowest BCUT2D eigenvalue weighted by Gasteiger charge is -1.96. The van der Waals surface area contributed by atoms with E-state index in [4.69, 9.17) is 5.53 Å². The van der Waals surface area contributed by atoms with Crippen LogP contribution < -0.4 is 0 Å². The summed E-state index contributed by atoms with van der Waals surface area (Å²) in [6, 6.07) is 6.56. The number of halogens is 1. The van der Waals surface area contributed by atoms with Gasteiger partial charge in [0.15, 0.2) is 0 Å². The first-order valence-electron chi connectivity index (χ1n) is 3.07. The Morgan fingerprint density at radius 3 is 2.82 bits per heavy atom. The maximum atomic E-state index is 12.1. The highest BCUT2D eigenvalue weighted by Gasteiger charge is 1.96. The Labute approximate surface area is 63.1 Å². The van der Waals surface area contributed by atoms with Gasteiger partial charge in [0.2, 0.25) is 0 Å². The van der Waals surface area contributed by atoms with Crippen LogP contribution in [0.1, 0.15) is 5.56 Å². The topological polar surface area (TPSA) is 48.8 Å². The van der Waals surface area contributed by atoms with Gasteiger partial charge >= 0.3 is 0 Å². The van der Waals surface area contributed by atoms with E-state index >= 15 is 0 Å². The third-order valence-electron chi connectivity index (χ3n) is 1.29. The van der Waals surface area contributed by atoms with Crippen molar-refractivity contribution >= 4 is 5.69 Å². The molecule has 0 aliphatic rings. The van der Waals surface area contributed by atoms with E-state index in [2.05, 4.69) is 10.0 Å².